The lowest BCUT2D eigenvalue weighted by Crippen LogP contribution is -2.47. The summed E-state index contributed by atoms with van der Waals surface area (Å²) in [6, 6.07) is 5.52. The Bertz CT molecular complexity index is 444. The van der Waals surface area contributed by atoms with Crippen LogP contribution in [0.3, 0.4) is 0 Å². The van der Waals surface area contributed by atoms with Gasteiger partial charge in [0, 0.05) is 18.7 Å². The molecule has 98 valence electrons. The fourth-order valence-corrected chi connectivity index (χ4v) is 2.49. The first kappa shape index (κ1) is 13.4. The number of carbonyl (C=O) groups is 1. The number of halogens is 1. The maximum Gasteiger partial charge on any atom is 0.251 e. The van der Waals surface area contributed by atoms with Crippen LogP contribution in [0.1, 0.15) is 23.2 Å². The number of benzene rings is 1. The minimum absolute atomic E-state index is 0.0575. The summed E-state index contributed by atoms with van der Waals surface area (Å²) in [6.07, 6.45) is 2.07. The summed E-state index contributed by atoms with van der Waals surface area (Å²) in [5.41, 5.74) is 0.628. The molecule has 0 unspecified atom stereocenters. The molecule has 0 bridgehead atoms. The van der Waals surface area contributed by atoms with Crippen LogP contribution >= 0.6 is 15.9 Å². The molecule has 0 atom stereocenters. The van der Waals surface area contributed by atoms with Crippen molar-refractivity contribution in [1.82, 2.24) is 5.32 Å². The lowest BCUT2D eigenvalue weighted by molar-refractivity contribution is 0.0176. The molecule has 5 heteroatoms. The molecular formula is C13H16BrNO3. The first-order chi connectivity index (χ1) is 8.63. The van der Waals surface area contributed by atoms with E-state index in [0.717, 1.165) is 23.1 Å². The highest BCUT2D eigenvalue weighted by Crippen LogP contribution is 2.26. The second-order valence-electron chi connectivity index (χ2n) is 4.35. The van der Waals surface area contributed by atoms with E-state index in [0.29, 0.717) is 5.56 Å². The van der Waals surface area contributed by atoms with Gasteiger partial charge in [-0.1, -0.05) is 0 Å². The molecule has 0 spiro atoms. The van der Waals surface area contributed by atoms with E-state index in [1.807, 2.05) is 0 Å². The van der Waals surface area contributed by atoms with Gasteiger partial charge in [-0.05, 0) is 47.0 Å². The zero-order valence-corrected chi connectivity index (χ0v) is 12.0. The van der Waals surface area contributed by atoms with Gasteiger partial charge in [0.25, 0.3) is 5.91 Å². The average molecular weight is 314 g/mol. The minimum Gasteiger partial charge on any atom is -0.496 e. The Morgan fingerprint density at radius 2 is 2.11 bits per heavy atom. The van der Waals surface area contributed by atoms with E-state index in [1.165, 1.54) is 0 Å². The van der Waals surface area contributed by atoms with Crippen molar-refractivity contribution < 1.29 is 14.3 Å². The summed E-state index contributed by atoms with van der Waals surface area (Å²) >= 11 is 3.37. The van der Waals surface area contributed by atoms with E-state index in [9.17, 15) is 4.79 Å². The zero-order valence-electron chi connectivity index (χ0n) is 10.4. The van der Waals surface area contributed by atoms with Crippen LogP contribution in [0.15, 0.2) is 22.7 Å². The summed E-state index contributed by atoms with van der Waals surface area (Å²) in [7, 11) is 3.29. The number of methoxy groups -OCH3 is 2. The zero-order chi connectivity index (χ0) is 13.1. The van der Waals surface area contributed by atoms with Gasteiger partial charge in [0.05, 0.1) is 17.7 Å². The van der Waals surface area contributed by atoms with Crippen LogP contribution < -0.4 is 10.1 Å². The van der Waals surface area contributed by atoms with Crippen LogP contribution in [-0.2, 0) is 4.74 Å². The number of hydrogen-bond donors (Lipinski definition) is 1. The Morgan fingerprint density at radius 3 is 2.67 bits per heavy atom. The van der Waals surface area contributed by atoms with Crippen molar-refractivity contribution >= 4 is 21.8 Å². The van der Waals surface area contributed by atoms with Gasteiger partial charge in [0.2, 0.25) is 0 Å². The van der Waals surface area contributed by atoms with Crippen molar-refractivity contribution in [3.8, 4) is 5.75 Å². The fourth-order valence-electron chi connectivity index (χ4n) is 1.95. The third-order valence-corrected chi connectivity index (χ3v) is 3.80. The van der Waals surface area contributed by atoms with Gasteiger partial charge in [-0.2, -0.15) is 0 Å². The quantitative estimate of drug-likeness (QED) is 0.928. The van der Waals surface area contributed by atoms with Gasteiger partial charge in [-0.25, -0.2) is 0 Å². The lowest BCUT2D eigenvalue weighted by atomic mass is 9.89. The van der Waals surface area contributed by atoms with Gasteiger partial charge in [0.1, 0.15) is 5.75 Å². The first-order valence-electron chi connectivity index (χ1n) is 5.81. The fraction of sp³-hybridized carbons (Fsp3) is 0.462. The van der Waals surface area contributed by atoms with Gasteiger partial charge in [-0.15, -0.1) is 0 Å². The van der Waals surface area contributed by atoms with Crippen molar-refractivity contribution in [2.24, 2.45) is 0 Å². The first-order valence-corrected chi connectivity index (χ1v) is 6.60. The van der Waals surface area contributed by atoms with Crippen LogP contribution in [0.4, 0.5) is 0 Å². The molecule has 0 aromatic heterocycles. The van der Waals surface area contributed by atoms with Crippen LogP contribution in [0.25, 0.3) is 0 Å². The van der Waals surface area contributed by atoms with Gasteiger partial charge < -0.3 is 14.8 Å². The monoisotopic (exact) mass is 313 g/mol. The smallest absolute Gasteiger partial charge is 0.251 e. The average Bonchev–Trinajstić information content (AvgIpc) is 2.32. The Labute approximate surface area is 115 Å². The summed E-state index contributed by atoms with van der Waals surface area (Å²) in [6.45, 7) is 0. The van der Waals surface area contributed by atoms with Crippen molar-refractivity contribution in [3.05, 3.63) is 28.2 Å². The van der Waals surface area contributed by atoms with E-state index >= 15 is 0 Å². The third kappa shape index (κ3) is 2.84. The predicted molar refractivity (Wildman–Crippen MR) is 72.0 cm³/mol. The van der Waals surface area contributed by atoms with E-state index < -0.39 is 0 Å². The molecule has 0 aliphatic heterocycles. The molecule has 1 saturated carbocycles. The maximum atomic E-state index is 12.0. The van der Waals surface area contributed by atoms with E-state index in [-0.39, 0.29) is 18.1 Å². The maximum absolute atomic E-state index is 12.0. The summed E-state index contributed by atoms with van der Waals surface area (Å²) in [5, 5.41) is 2.98. The van der Waals surface area contributed by atoms with Gasteiger partial charge >= 0.3 is 0 Å². The predicted octanol–water partition coefficient (Wildman–Crippen LogP) is 2.36. The third-order valence-electron chi connectivity index (χ3n) is 3.18. The second kappa shape index (κ2) is 5.71. The molecule has 4 nitrogen and oxygen atoms in total. The molecule has 1 aromatic rings. The number of hydrogen-bond acceptors (Lipinski definition) is 3. The molecule has 1 aromatic carbocycles. The number of amides is 1. The Morgan fingerprint density at radius 1 is 1.39 bits per heavy atom. The second-order valence-corrected chi connectivity index (χ2v) is 5.20. The summed E-state index contributed by atoms with van der Waals surface area (Å²) in [5.74, 6) is 0.660. The SMILES string of the molecule is COc1ccc(C(=O)NC2CC(OC)C2)cc1Br. The molecule has 1 N–H and O–H groups in total. The number of rotatable bonds is 4. The molecule has 1 aliphatic carbocycles. The highest BCUT2D eigenvalue weighted by Gasteiger charge is 2.30. The van der Waals surface area contributed by atoms with E-state index in [4.69, 9.17) is 9.47 Å². The molecule has 1 fully saturated rings. The van der Waals surface area contributed by atoms with E-state index in [2.05, 4.69) is 21.2 Å². The van der Waals surface area contributed by atoms with Gasteiger partial charge in [0.15, 0.2) is 0 Å². The molecule has 18 heavy (non-hydrogen) atoms. The molecule has 2 rings (SSSR count). The van der Waals surface area contributed by atoms with Crippen LogP contribution in [0.5, 0.6) is 5.75 Å². The number of nitrogens with one attached hydrogen (secondary N) is 1. The number of ether oxygens (including phenoxy) is 2. The molecule has 1 aliphatic rings. The molecule has 1 amide bonds. The normalized spacial score (nSPS) is 22.2. The van der Waals surface area contributed by atoms with Crippen molar-refractivity contribution in [3.63, 3.8) is 0 Å². The highest BCUT2D eigenvalue weighted by atomic mass is 79.9. The van der Waals surface area contributed by atoms with Crippen molar-refractivity contribution in [2.75, 3.05) is 14.2 Å². The largest absolute Gasteiger partial charge is 0.496 e. The number of carbonyl (C=O) groups excluding carboxylic acids is 1. The summed E-state index contributed by atoms with van der Waals surface area (Å²) in [4.78, 5) is 12.0. The molecule has 0 heterocycles. The Hall–Kier alpha value is -1.07. The van der Waals surface area contributed by atoms with Crippen LogP contribution in [-0.4, -0.2) is 32.3 Å². The summed E-state index contributed by atoms with van der Waals surface area (Å²) < 4.78 is 11.1. The highest BCUT2D eigenvalue weighted by molar-refractivity contribution is 9.10. The topological polar surface area (TPSA) is 47.6 Å². The Kier molecular flexibility index (Phi) is 4.24. The molecular weight excluding hydrogens is 298 g/mol. The van der Waals surface area contributed by atoms with Gasteiger partial charge in [-0.3, -0.25) is 4.79 Å². The van der Waals surface area contributed by atoms with Crippen molar-refractivity contribution in [2.45, 2.75) is 25.0 Å². The van der Waals surface area contributed by atoms with Crippen molar-refractivity contribution in [1.29, 1.82) is 0 Å². The minimum atomic E-state index is -0.0575. The molecule has 0 saturated heterocycles. The standard InChI is InChI=1S/C13H16BrNO3/c1-17-10-6-9(7-10)15-13(16)8-3-4-12(18-2)11(14)5-8/h3-5,9-10H,6-7H2,1-2H3,(H,15,16). The van der Waals surface area contributed by atoms with Crippen LogP contribution in [0.2, 0.25) is 0 Å². The Balaban J connectivity index is 1.95. The van der Waals surface area contributed by atoms with Crippen LogP contribution in [0, 0.1) is 0 Å². The lowest BCUT2D eigenvalue weighted by Gasteiger charge is -2.34. The molecule has 0 radical (unpaired) electrons. The van der Waals surface area contributed by atoms with E-state index in [1.54, 1.807) is 32.4 Å².